The van der Waals surface area contributed by atoms with Crippen molar-refractivity contribution in [2.24, 2.45) is 0 Å². The van der Waals surface area contributed by atoms with Crippen LogP contribution in [0.1, 0.15) is 32.3 Å². The number of amides is 2. The van der Waals surface area contributed by atoms with Crippen molar-refractivity contribution in [3.05, 3.63) is 42.0 Å². The molecule has 0 saturated carbocycles. The molecule has 2 aromatic carbocycles. The van der Waals surface area contributed by atoms with Crippen LogP contribution in [0.15, 0.2) is 41.3 Å². The third kappa shape index (κ3) is 5.01. The van der Waals surface area contributed by atoms with E-state index in [0.717, 1.165) is 27.2 Å². The number of aromatic nitrogens is 1. The zero-order chi connectivity index (χ0) is 23.6. The fourth-order valence-corrected chi connectivity index (χ4v) is 5.96. The predicted molar refractivity (Wildman–Crippen MR) is 129 cm³/mol. The highest BCUT2D eigenvalue weighted by Gasteiger charge is 2.26. The molecule has 1 aromatic heterocycles. The van der Waals surface area contributed by atoms with Gasteiger partial charge in [0.1, 0.15) is 5.75 Å². The fourth-order valence-electron chi connectivity index (χ4n) is 3.76. The summed E-state index contributed by atoms with van der Waals surface area (Å²) >= 11 is 1.31. The van der Waals surface area contributed by atoms with Crippen LogP contribution in [-0.2, 0) is 25.8 Å². The Morgan fingerprint density at radius 3 is 2.76 bits per heavy atom. The summed E-state index contributed by atoms with van der Waals surface area (Å²) in [6.45, 7) is 4.82. The molecule has 0 unspecified atom stereocenters. The smallest absolute Gasteiger partial charge is 0.227 e. The largest absolute Gasteiger partial charge is 0.494 e. The number of benzene rings is 2. The van der Waals surface area contributed by atoms with Crippen molar-refractivity contribution in [3.8, 4) is 5.75 Å². The molecule has 1 N–H and O–H groups in total. The Labute approximate surface area is 196 Å². The molecule has 1 aliphatic rings. The predicted octanol–water partition coefficient (Wildman–Crippen LogP) is 3.80. The summed E-state index contributed by atoms with van der Waals surface area (Å²) in [5.41, 5.74) is 2.34. The molecule has 0 spiro atoms. The lowest BCUT2D eigenvalue weighted by Crippen LogP contribution is -2.27. The molecule has 0 saturated heterocycles. The molecule has 3 aromatic rings. The molecular formula is C23H25N3O5S2. The van der Waals surface area contributed by atoms with E-state index in [2.05, 4.69) is 10.3 Å². The number of hydrogen-bond acceptors (Lipinski definition) is 7. The number of carbonyl (C=O) groups excluding carboxylic acids is 2. The molecule has 8 nitrogen and oxygen atoms in total. The maximum Gasteiger partial charge on any atom is 0.227 e. The number of hydrogen-bond donors (Lipinski definition) is 1. The highest BCUT2D eigenvalue weighted by Crippen LogP contribution is 2.32. The van der Waals surface area contributed by atoms with Crippen molar-refractivity contribution in [3.63, 3.8) is 0 Å². The van der Waals surface area contributed by atoms with Gasteiger partial charge in [0.05, 0.1) is 27.5 Å². The monoisotopic (exact) mass is 487 g/mol. The van der Waals surface area contributed by atoms with Gasteiger partial charge in [0.25, 0.3) is 0 Å². The van der Waals surface area contributed by atoms with Gasteiger partial charge in [-0.05, 0) is 55.3 Å². The second kappa shape index (κ2) is 9.48. The lowest BCUT2D eigenvalue weighted by atomic mass is 10.2. The summed E-state index contributed by atoms with van der Waals surface area (Å²) in [6.07, 6.45) is 0.838. The summed E-state index contributed by atoms with van der Waals surface area (Å²) in [6, 6.07) is 10.3. The number of fused-ring (bicyclic) bond motifs is 2. The number of carbonyl (C=O) groups is 2. The van der Waals surface area contributed by atoms with Crippen LogP contribution in [0.25, 0.3) is 10.2 Å². The highest BCUT2D eigenvalue weighted by atomic mass is 32.2. The number of anilines is 2. The minimum atomic E-state index is -3.65. The summed E-state index contributed by atoms with van der Waals surface area (Å²) < 4.78 is 32.0. The number of rotatable bonds is 8. The van der Waals surface area contributed by atoms with Crippen LogP contribution in [0, 0.1) is 0 Å². The Bertz CT molecular complexity index is 1320. The van der Waals surface area contributed by atoms with Gasteiger partial charge in [-0.2, -0.15) is 0 Å². The van der Waals surface area contributed by atoms with E-state index >= 15 is 0 Å². The Morgan fingerprint density at radius 2 is 2.00 bits per heavy atom. The number of ether oxygens (including phenoxy) is 1. The third-order valence-corrected chi connectivity index (χ3v) is 8.07. The maximum atomic E-state index is 12.8. The molecule has 0 atom stereocenters. The Hall–Kier alpha value is -2.98. The molecule has 0 fully saturated rings. The van der Waals surface area contributed by atoms with Gasteiger partial charge in [-0.15, -0.1) is 0 Å². The molecule has 174 valence electrons. The van der Waals surface area contributed by atoms with Gasteiger partial charge in [-0.25, -0.2) is 13.4 Å². The number of thiazole rings is 1. The molecule has 33 heavy (non-hydrogen) atoms. The lowest BCUT2D eigenvalue weighted by molar-refractivity contribution is -0.118. The van der Waals surface area contributed by atoms with E-state index < -0.39 is 15.7 Å². The lowest BCUT2D eigenvalue weighted by Gasteiger charge is -2.16. The van der Waals surface area contributed by atoms with Gasteiger partial charge in [-0.1, -0.05) is 18.3 Å². The van der Waals surface area contributed by atoms with Crippen molar-refractivity contribution < 1.29 is 22.7 Å². The third-order valence-electron chi connectivity index (χ3n) is 5.42. The average Bonchev–Trinajstić information content (AvgIpc) is 3.40. The molecular weight excluding hydrogens is 462 g/mol. The van der Waals surface area contributed by atoms with Crippen LogP contribution in [0.2, 0.25) is 0 Å². The second-order valence-electron chi connectivity index (χ2n) is 7.64. The van der Waals surface area contributed by atoms with Gasteiger partial charge < -0.3 is 15.0 Å². The van der Waals surface area contributed by atoms with Gasteiger partial charge in [-0.3, -0.25) is 9.59 Å². The van der Waals surface area contributed by atoms with Crippen LogP contribution in [0.4, 0.5) is 10.8 Å². The molecule has 2 amide bonds. The highest BCUT2D eigenvalue weighted by molar-refractivity contribution is 7.91. The Balaban J connectivity index is 1.40. The summed E-state index contributed by atoms with van der Waals surface area (Å²) in [5, 5.41) is 3.11. The van der Waals surface area contributed by atoms with Crippen LogP contribution in [0.5, 0.6) is 5.75 Å². The number of nitrogens with zero attached hydrogens (tertiary/aromatic N) is 2. The minimum absolute atomic E-state index is 0.0185. The molecule has 0 aliphatic carbocycles. The summed E-state index contributed by atoms with van der Waals surface area (Å²) in [7, 11) is -3.65. The first-order valence-corrected chi connectivity index (χ1v) is 13.3. The number of nitrogens with one attached hydrogen (secondary N) is 1. The minimum Gasteiger partial charge on any atom is -0.494 e. The fraction of sp³-hybridized carbons (Fsp3) is 0.348. The van der Waals surface area contributed by atoms with Gasteiger partial charge in [0, 0.05) is 25.1 Å². The first kappa shape index (κ1) is 23.2. The van der Waals surface area contributed by atoms with Gasteiger partial charge in [0.2, 0.25) is 11.8 Å². The summed E-state index contributed by atoms with van der Waals surface area (Å²) in [5.74, 6) is 0.0249. The standard InChI is InChI=1S/C23H25N3O5S2/c1-3-22(28)26-11-9-15-13-17(6-8-19(15)26)33(29,30)12-10-21(27)25-23-24-18-7-5-16(31-4-2)14-20(18)32-23/h5-8,13-14H,3-4,9-12H2,1-2H3,(H,24,25,27). The van der Waals surface area contributed by atoms with Crippen molar-refractivity contribution >= 4 is 54.0 Å². The molecule has 1 aliphatic heterocycles. The normalized spacial score (nSPS) is 13.2. The maximum absolute atomic E-state index is 12.8. The van der Waals surface area contributed by atoms with E-state index in [9.17, 15) is 18.0 Å². The topological polar surface area (TPSA) is 106 Å². The summed E-state index contributed by atoms with van der Waals surface area (Å²) in [4.78, 5) is 30.7. The number of sulfone groups is 1. The zero-order valence-corrected chi connectivity index (χ0v) is 20.1. The Kier molecular flexibility index (Phi) is 6.66. The van der Waals surface area contributed by atoms with Crippen molar-refractivity contribution in [2.45, 2.75) is 38.0 Å². The quantitative estimate of drug-likeness (QED) is 0.518. The molecule has 0 radical (unpaired) electrons. The van der Waals surface area contributed by atoms with Crippen molar-refractivity contribution in [1.82, 2.24) is 4.98 Å². The molecule has 4 rings (SSSR count). The van der Waals surface area contributed by atoms with Crippen LogP contribution >= 0.6 is 11.3 Å². The molecule has 0 bridgehead atoms. The first-order chi connectivity index (χ1) is 15.8. The van der Waals surface area contributed by atoms with E-state index in [1.54, 1.807) is 24.0 Å². The molecule has 10 heteroatoms. The average molecular weight is 488 g/mol. The van der Waals surface area contributed by atoms with Crippen LogP contribution in [-0.4, -0.2) is 44.1 Å². The van der Waals surface area contributed by atoms with E-state index in [4.69, 9.17) is 4.74 Å². The zero-order valence-electron chi connectivity index (χ0n) is 18.5. The SMILES string of the molecule is CCOc1ccc2nc(NC(=O)CCS(=O)(=O)c3ccc4c(c3)CCN4C(=O)CC)sc2c1. The second-order valence-corrected chi connectivity index (χ2v) is 10.8. The van der Waals surface area contributed by atoms with E-state index in [-0.39, 0.29) is 23.0 Å². The molecule has 2 heterocycles. The first-order valence-electron chi connectivity index (χ1n) is 10.8. The van der Waals surface area contributed by atoms with Gasteiger partial charge >= 0.3 is 0 Å². The van der Waals surface area contributed by atoms with Crippen LogP contribution in [0.3, 0.4) is 0 Å². The van der Waals surface area contributed by atoms with Crippen molar-refractivity contribution in [1.29, 1.82) is 0 Å². The van der Waals surface area contributed by atoms with E-state index in [0.29, 0.717) is 31.1 Å². The van der Waals surface area contributed by atoms with Gasteiger partial charge in [0.15, 0.2) is 15.0 Å². The van der Waals surface area contributed by atoms with E-state index in [1.807, 2.05) is 25.1 Å². The van der Waals surface area contributed by atoms with E-state index in [1.165, 1.54) is 17.4 Å². The van der Waals surface area contributed by atoms with Crippen molar-refractivity contribution in [2.75, 3.05) is 29.1 Å². The van der Waals surface area contributed by atoms with Crippen LogP contribution < -0.4 is 15.0 Å². The Morgan fingerprint density at radius 1 is 1.18 bits per heavy atom.